The van der Waals surface area contributed by atoms with Crippen molar-refractivity contribution in [3.8, 4) is 5.75 Å². The minimum Gasteiger partial charge on any atom is -0.497 e. The van der Waals surface area contributed by atoms with Crippen LogP contribution in [0.15, 0.2) is 83.8 Å². The van der Waals surface area contributed by atoms with Gasteiger partial charge in [0.2, 0.25) is 11.8 Å². The number of hydrogen-bond donors (Lipinski definition) is 1. The van der Waals surface area contributed by atoms with E-state index in [2.05, 4.69) is 5.32 Å². The Labute approximate surface area is 235 Å². The SMILES string of the molecule is CC[C@H](C)NC(=O)[C@H](CC)N(Cc1ccc(OC)cc1)C(=O)CN(c1ccccc1)S(=O)(=O)c1ccc(F)cc1. The van der Waals surface area contributed by atoms with E-state index in [1.807, 2.05) is 13.8 Å². The molecule has 3 aromatic carbocycles. The van der Waals surface area contributed by atoms with Gasteiger partial charge in [0.1, 0.15) is 24.2 Å². The van der Waals surface area contributed by atoms with E-state index in [4.69, 9.17) is 4.74 Å². The lowest BCUT2D eigenvalue weighted by atomic mass is 10.1. The van der Waals surface area contributed by atoms with Crippen molar-refractivity contribution in [2.45, 2.75) is 57.1 Å². The van der Waals surface area contributed by atoms with Crippen molar-refractivity contribution in [2.75, 3.05) is 18.0 Å². The molecule has 214 valence electrons. The van der Waals surface area contributed by atoms with E-state index >= 15 is 0 Å². The highest BCUT2D eigenvalue weighted by Crippen LogP contribution is 2.25. The summed E-state index contributed by atoms with van der Waals surface area (Å²) in [4.78, 5) is 28.5. The Kier molecular flexibility index (Phi) is 10.7. The maximum Gasteiger partial charge on any atom is 0.264 e. The van der Waals surface area contributed by atoms with Crippen LogP contribution in [0.2, 0.25) is 0 Å². The molecule has 0 saturated heterocycles. The molecule has 0 fully saturated rings. The van der Waals surface area contributed by atoms with Gasteiger partial charge < -0.3 is 15.0 Å². The van der Waals surface area contributed by atoms with Crippen LogP contribution in [0.5, 0.6) is 5.75 Å². The number of halogens is 1. The van der Waals surface area contributed by atoms with E-state index < -0.39 is 34.3 Å². The van der Waals surface area contributed by atoms with Crippen LogP contribution in [-0.2, 0) is 26.2 Å². The quantitative estimate of drug-likeness (QED) is 0.321. The fourth-order valence-electron chi connectivity index (χ4n) is 4.15. The van der Waals surface area contributed by atoms with Crippen molar-refractivity contribution in [2.24, 2.45) is 0 Å². The van der Waals surface area contributed by atoms with Gasteiger partial charge in [0.05, 0.1) is 17.7 Å². The van der Waals surface area contributed by atoms with E-state index in [9.17, 15) is 22.4 Å². The summed E-state index contributed by atoms with van der Waals surface area (Å²) in [5.41, 5.74) is 1.01. The van der Waals surface area contributed by atoms with Crippen LogP contribution in [-0.4, -0.2) is 50.9 Å². The van der Waals surface area contributed by atoms with Gasteiger partial charge in [-0.1, -0.05) is 44.2 Å². The van der Waals surface area contributed by atoms with Crippen molar-refractivity contribution >= 4 is 27.5 Å². The van der Waals surface area contributed by atoms with Gasteiger partial charge in [0.15, 0.2) is 0 Å². The second-order valence-corrected chi connectivity index (χ2v) is 11.3. The predicted molar refractivity (Wildman–Crippen MR) is 153 cm³/mol. The van der Waals surface area contributed by atoms with Crippen LogP contribution in [0.4, 0.5) is 10.1 Å². The Bertz CT molecular complexity index is 1370. The van der Waals surface area contributed by atoms with Crippen LogP contribution in [0, 0.1) is 5.82 Å². The summed E-state index contributed by atoms with van der Waals surface area (Å²) < 4.78 is 47.3. The molecule has 10 heteroatoms. The maximum atomic E-state index is 14.0. The molecule has 2 amide bonds. The molecule has 3 rings (SSSR count). The number of anilines is 1. The van der Waals surface area contributed by atoms with Gasteiger partial charge in [0.25, 0.3) is 10.0 Å². The summed E-state index contributed by atoms with van der Waals surface area (Å²) in [5.74, 6) is -0.809. The lowest BCUT2D eigenvalue weighted by Crippen LogP contribution is -2.53. The number of nitrogens with one attached hydrogen (secondary N) is 1. The average molecular weight is 570 g/mol. The third-order valence-corrected chi connectivity index (χ3v) is 8.41. The van der Waals surface area contributed by atoms with Gasteiger partial charge in [-0.05, 0) is 73.9 Å². The zero-order valence-corrected chi connectivity index (χ0v) is 24.0. The van der Waals surface area contributed by atoms with Crippen LogP contribution >= 0.6 is 0 Å². The number of sulfonamides is 1. The van der Waals surface area contributed by atoms with Gasteiger partial charge in [-0.15, -0.1) is 0 Å². The van der Waals surface area contributed by atoms with Gasteiger partial charge >= 0.3 is 0 Å². The maximum absolute atomic E-state index is 14.0. The Morgan fingerprint density at radius 1 is 0.925 bits per heavy atom. The van der Waals surface area contributed by atoms with Crippen molar-refractivity contribution < 1.29 is 27.1 Å². The molecule has 8 nitrogen and oxygen atoms in total. The zero-order valence-electron chi connectivity index (χ0n) is 23.2. The summed E-state index contributed by atoms with van der Waals surface area (Å²) in [7, 11) is -2.70. The molecular weight excluding hydrogens is 533 g/mol. The molecule has 0 aliphatic carbocycles. The van der Waals surface area contributed by atoms with Crippen LogP contribution < -0.4 is 14.4 Å². The van der Waals surface area contributed by atoms with Crippen LogP contribution in [0.25, 0.3) is 0 Å². The number of nitrogens with zero attached hydrogens (tertiary/aromatic N) is 2. The van der Waals surface area contributed by atoms with Crippen molar-refractivity contribution in [1.82, 2.24) is 10.2 Å². The molecule has 0 radical (unpaired) electrons. The number of amides is 2. The Morgan fingerprint density at radius 2 is 1.55 bits per heavy atom. The first-order valence-corrected chi connectivity index (χ1v) is 14.6. The molecule has 0 aromatic heterocycles. The number of para-hydroxylation sites is 1. The summed E-state index contributed by atoms with van der Waals surface area (Å²) in [5, 5.41) is 2.95. The summed E-state index contributed by atoms with van der Waals surface area (Å²) in [6, 6.07) is 18.8. The molecule has 0 aliphatic heterocycles. The lowest BCUT2D eigenvalue weighted by Gasteiger charge is -2.33. The van der Waals surface area contributed by atoms with Gasteiger partial charge in [-0.25, -0.2) is 12.8 Å². The Hall–Kier alpha value is -3.92. The number of carbonyl (C=O) groups is 2. The monoisotopic (exact) mass is 569 g/mol. The number of benzene rings is 3. The van der Waals surface area contributed by atoms with E-state index in [1.165, 1.54) is 4.90 Å². The van der Waals surface area contributed by atoms with E-state index in [0.29, 0.717) is 18.6 Å². The molecule has 0 aliphatic rings. The molecular formula is C30H36FN3O5S. The molecule has 3 aromatic rings. The van der Waals surface area contributed by atoms with Gasteiger partial charge in [-0.3, -0.25) is 13.9 Å². The zero-order chi connectivity index (χ0) is 29.3. The van der Waals surface area contributed by atoms with Crippen molar-refractivity contribution in [3.05, 3.63) is 90.2 Å². The van der Waals surface area contributed by atoms with Gasteiger partial charge in [-0.2, -0.15) is 0 Å². The largest absolute Gasteiger partial charge is 0.497 e. The number of ether oxygens (including phenoxy) is 1. The molecule has 0 spiro atoms. The highest BCUT2D eigenvalue weighted by Gasteiger charge is 2.34. The van der Waals surface area contributed by atoms with Crippen molar-refractivity contribution in [3.63, 3.8) is 0 Å². The van der Waals surface area contributed by atoms with Gasteiger partial charge in [0, 0.05) is 12.6 Å². The molecule has 2 atom stereocenters. The standard InChI is InChI=1S/C30H36FN3O5S/c1-5-22(3)32-30(36)28(6-2)33(20-23-12-16-26(39-4)17-13-23)29(35)21-34(25-10-8-7-9-11-25)40(37,38)27-18-14-24(31)15-19-27/h7-19,22,28H,5-6,20-21H2,1-4H3,(H,32,36)/t22-,28-/m0/s1. The molecule has 0 saturated carbocycles. The molecule has 0 heterocycles. The highest BCUT2D eigenvalue weighted by molar-refractivity contribution is 7.92. The number of carbonyl (C=O) groups excluding carboxylic acids is 2. The average Bonchev–Trinajstić information content (AvgIpc) is 2.96. The van der Waals surface area contributed by atoms with E-state index in [0.717, 1.165) is 34.1 Å². The Morgan fingerprint density at radius 3 is 2.10 bits per heavy atom. The van der Waals surface area contributed by atoms with E-state index in [-0.39, 0.29) is 29.1 Å². The number of rotatable bonds is 13. The first-order chi connectivity index (χ1) is 19.1. The number of hydrogen-bond acceptors (Lipinski definition) is 5. The van der Waals surface area contributed by atoms with Crippen LogP contribution in [0.3, 0.4) is 0 Å². The summed E-state index contributed by atoms with van der Waals surface area (Å²) >= 11 is 0. The number of methoxy groups -OCH3 is 1. The first-order valence-electron chi connectivity index (χ1n) is 13.2. The van der Waals surface area contributed by atoms with Crippen molar-refractivity contribution in [1.29, 1.82) is 0 Å². The fraction of sp³-hybridized carbons (Fsp3) is 0.333. The highest BCUT2D eigenvalue weighted by atomic mass is 32.2. The molecule has 40 heavy (non-hydrogen) atoms. The first kappa shape index (κ1) is 30.6. The third-order valence-electron chi connectivity index (χ3n) is 6.62. The normalized spacial score (nSPS) is 12.7. The second kappa shape index (κ2) is 13.9. The summed E-state index contributed by atoms with van der Waals surface area (Å²) in [6.45, 7) is 5.15. The van der Waals surface area contributed by atoms with Crippen LogP contribution in [0.1, 0.15) is 39.2 Å². The minimum atomic E-state index is -4.25. The Balaban J connectivity index is 2.02. The van der Waals surface area contributed by atoms with E-state index in [1.54, 1.807) is 68.6 Å². The third kappa shape index (κ3) is 7.59. The topological polar surface area (TPSA) is 96.0 Å². The predicted octanol–water partition coefficient (Wildman–Crippen LogP) is 4.75. The minimum absolute atomic E-state index is 0.0779. The summed E-state index contributed by atoms with van der Waals surface area (Å²) in [6.07, 6.45) is 1.03. The molecule has 1 N–H and O–H groups in total. The molecule has 0 unspecified atom stereocenters. The second-order valence-electron chi connectivity index (χ2n) is 9.41. The molecule has 0 bridgehead atoms. The smallest absolute Gasteiger partial charge is 0.264 e. The lowest BCUT2D eigenvalue weighted by molar-refractivity contribution is -0.140. The fourth-order valence-corrected chi connectivity index (χ4v) is 5.56.